The Hall–Kier alpha value is -0.610. The Morgan fingerprint density at radius 3 is 2.79 bits per heavy atom. The summed E-state index contributed by atoms with van der Waals surface area (Å²) in [6.45, 7) is 4.06. The summed E-state index contributed by atoms with van der Waals surface area (Å²) >= 11 is 0. The molecule has 2 atom stereocenters. The molecule has 0 amide bonds. The molecule has 0 radical (unpaired) electrons. The number of hydrogen-bond donors (Lipinski definition) is 1. The predicted molar refractivity (Wildman–Crippen MR) is 51.0 cm³/mol. The fraction of sp³-hybridized carbons (Fsp3) is 0.900. The van der Waals surface area contributed by atoms with Gasteiger partial charge in [-0.1, -0.05) is 6.92 Å². The van der Waals surface area contributed by atoms with Crippen molar-refractivity contribution in [3.63, 3.8) is 0 Å². The zero-order valence-corrected chi connectivity index (χ0v) is 8.78. The molecule has 1 N–H and O–H groups in total. The number of rotatable bonds is 4. The van der Waals surface area contributed by atoms with Crippen LogP contribution in [0.1, 0.15) is 39.5 Å². The van der Waals surface area contributed by atoms with E-state index in [9.17, 15) is 4.79 Å². The highest BCUT2D eigenvalue weighted by atomic mass is 16.7. The largest absolute Gasteiger partial charge is 0.479 e. The molecule has 4 nitrogen and oxygen atoms in total. The lowest BCUT2D eigenvalue weighted by molar-refractivity contribution is -0.228. The number of carbonyl (C=O) groups is 1. The standard InChI is InChI=1S/C10H18O4/c1-3-10(2,9(11)12)14-8-6-4-5-7-13-8/h8H,3-7H2,1-2H3,(H,11,12)/t8?,10-/m0/s1. The van der Waals surface area contributed by atoms with Gasteiger partial charge >= 0.3 is 5.97 Å². The van der Waals surface area contributed by atoms with Crippen LogP contribution in [0.4, 0.5) is 0 Å². The van der Waals surface area contributed by atoms with Gasteiger partial charge in [0.1, 0.15) is 0 Å². The Balaban J connectivity index is 2.50. The summed E-state index contributed by atoms with van der Waals surface area (Å²) in [5.41, 5.74) is -1.11. The van der Waals surface area contributed by atoms with E-state index in [1.165, 1.54) is 0 Å². The van der Waals surface area contributed by atoms with Crippen molar-refractivity contribution in [2.75, 3.05) is 6.61 Å². The third-order valence-electron chi connectivity index (χ3n) is 2.66. The molecule has 1 heterocycles. The summed E-state index contributed by atoms with van der Waals surface area (Å²) in [7, 11) is 0. The number of hydrogen-bond acceptors (Lipinski definition) is 3. The second kappa shape index (κ2) is 4.75. The first-order valence-electron chi connectivity index (χ1n) is 5.11. The number of ether oxygens (including phenoxy) is 2. The van der Waals surface area contributed by atoms with Crippen molar-refractivity contribution in [3.8, 4) is 0 Å². The van der Waals surface area contributed by atoms with Crippen molar-refractivity contribution in [1.29, 1.82) is 0 Å². The van der Waals surface area contributed by atoms with Gasteiger partial charge < -0.3 is 14.6 Å². The fourth-order valence-corrected chi connectivity index (χ4v) is 1.38. The molecule has 0 aliphatic carbocycles. The lowest BCUT2D eigenvalue weighted by Gasteiger charge is -2.31. The van der Waals surface area contributed by atoms with Crippen LogP contribution in [0.2, 0.25) is 0 Å². The zero-order valence-electron chi connectivity index (χ0n) is 8.78. The third-order valence-corrected chi connectivity index (χ3v) is 2.66. The average Bonchev–Trinajstić information content (AvgIpc) is 2.19. The minimum Gasteiger partial charge on any atom is -0.479 e. The van der Waals surface area contributed by atoms with Crippen LogP contribution in [0.5, 0.6) is 0 Å². The quantitative estimate of drug-likeness (QED) is 0.755. The lowest BCUT2D eigenvalue weighted by Crippen LogP contribution is -2.42. The van der Waals surface area contributed by atoms with Crippen molar-refractivity contribution in [1.82, 2.24) is 0 Å². The van der Waals surface area contributed by atoms with Crippen molar-refractivity contribution in [2.45, 2.75) is 51.4 Å². The second-order valence-electron chi connectivity index (χ2n) is 3.80. The molecule has 1 rings (SSSR count). The van der Waals surface area contributed by atoms with Crippen molar-refractivity contribution < 1.29 is 19.4 Å². The molecule has 1 saturated heterocycles. The van der Waals surface area contributed by atoms with Crippen molar-refractivity contribution >= 4 is 5.97 Å². The van der Waals surface area contributed by atoms with Gasteiger partial charge in [-0.3, -0.25) is 0 Å². The minimum atomic E-state index is -1.11. The SMILES string of the molecule is CC[C@](C)(OC1CCCCO1)C(=O)O. The third kappa shape index (κ3) is 2.69. The average molecular weight is 202 g/mol. The topological polar surface area (TPSA) is 55.8 Å². The van der Waals surface area contributed by atoms with Gasteiger partial charge in [-0.25, -0.2) is 4.79 Å². The van der Waals surface area contributed by atoms with Crippen LogP contribution in [0.15, 0.2) is 0 Å². The molecule has 82 valence electrons. The Morgan fingerprint density at radius 1 is 1.64 bits per heavy atom. The lowest BCUT2D eigenvalue weighted by atomic mass is 10.0. The van der Waals surface area contributed by atoms with Crippen LogP contribution < -0.4 is 0 Å². The number of aliphatic carboxylic acids is 1. The Morgan fingerprint density at radius 2 is 2.36 bits per heavy atom. The molecule has 1 aliphatic heterocycles. The second-order valence-corrected chi connectivity index (χ2v) is 3.80. The molecule has 1 aliphatic rings. The molecule has 0 saturated carbocycles. The highest BCUT2D eigenvalue weighted by molar-refractivity contribution is 5.76. The van der Waals surface area contributed by atoms with E-state index in [0.717, 1.165) is 19.3 Å². The zero-order chi connectivity index (χ0) is 10.6. The van der Waals surface area contributed by atoms with Crippen molar-refractivity contribution in [2.24, 2.45) is 0 Å². The normalized spacial score (nSPS) is 26.9. The molecular formula is C10H18O4. The Bertz CT molecular complexity index is 198. The van der Waals surface area contributed by atoms with Crippen molar-refractivity contribution in [3.05, 3.63) is 0 Å². The summed E-state index contributed by atoms with van der Waals surface area (Å²) in [6.07, 6.45) is 2.98. The predicted octanol–water partition coefficient (Wildman–Crippen LogP) is 1.78. The van der Waals surface area contributed by atoms with E-state index in [-0.39, 0.29) is 6.29 Å². The molecule has 0 aromatic carbocycles. The molecule has 14 heavy (non-hydrogen) atoms. The maximum absolute atomic E-state index is 10.9. The van der Waals surface area contributed by atoms with Gasteiger partial charge in [0.05, 0.1) is 0 Å². The highest BCUT2D eigenvalue weighted by Crippen LogP contribution is 2.23. The highest BCUT2D eigenvalue weighted by Gasteiger charge is 2.35. The monoisotopic (exact) mass is 202 g/mol. The summed E-state index contributed by atoms with van der Waals surface area (Å²) in [5.74, 6) is -0.922. The molecule has 1 fully saturated rings. The summed E-state index contributed by atoms with van der Waals surface area (Å²) in [4.78, 5) is 10.9. The van der Waals surface area contributed by atoms with E-state index in [2.05, 4.69) is 0 Å². The van der Waals surface area contributed by atoms with Gasteiger partial charge in [0, 0.05) is 6.61 Å². The molecule has 1 unspecified atom stereocenters. The van der Waals surface area contributed by atoms with Gasteiger partial charge in [-0.2, -0.15) is 0 Å². The van der Waals surface area contributed by atoms with Crippen LogP contribution in [0.3, 0.4) is 0 Å². The van der Waals surface area contributed by atoms with E-state index < -0.39 is 11.6 Å². The van der Waals surface area contributed by atoms with Crippen LogP contribution in [-0.4, -0.2) is 29.6 Å². The van der Waals surface area contributed by atoms with Gasteiger partial charge in [0.25, 0.3) is 0 Å². The fourth-order valence-electron chi connectivity index (χ4n) is 1.38. The maximum atomic E-state index is 10.9. The van der Waals surface area contributed by atoms with Gasteiger partial charge in [-0.05, 0) is 32.6 Å². The van der Waals surface area contributed by atoms with Gasteiger partial charge in [0.2, 0.25) is 0 Å². The van der Waals surface area contributed by atoms with E-state index in [1.807, 2.05) is 0 Å². The van der Waals surface area contributed by atoms with E-state index in [1.54, 1.807) is 13.8 Å². The first-order chi connectivity index (χ1) is 6.58. The Labute approximate surface area is 84.2 Å². The van der Waals surface area contributed by atoms with E-state index in [4.69, 9.17) is 14.6 Å². The maximum Gasteiger partial charge on any atom is 0.335 e. The minimum absolute atomic E-state index is 0.343. The van der Waals surface area contributed by atoms with E-state index >= 15 is 0 Å². The van der Waals surface area contributed by atoms with Gasteiger partial charge in [0.15, 0.2) is 11.9 Å². The smallest absolute Gasteiger partial charge is 0.335 e. The molecule has 0 bridgehead atoms. The molecule has 4 heteroatoms. The first kappa shape index (κ1) is 11.5. The van der Waals surface area contributed by atoms with E-state index in [0.29, 0.717) is 13.0 Å². The molecule has 0 spiro atoms. The summed E-state index contributed by atoms with van der Waals surface area (Å²) in [6, 6.07) is 0. The van der Waals surface area contributed by atoms with Gasteiger partial charge in [-0.15, -0.1) is 0 Å². The summed E-state index contributed by atoms with van der Waals surface area (Å²) < 4.78 is 10.8. The Kier molecular flexibility index (Phi) is 3.89. The van der Waals surface area contributed by atoms with Crippen LogP contribution in [0.25, 0.3) is 0 Å². The first-order valence-corrected chi connectivity index (χ1v) is 5.11. The van der Waals surface area contributed by atoms with Crippen LogP contribution >= 0.6 is 0 Å². The molecular weight excluding hydrogens is 184 g/mol. The summed E-state index contributed by atoms with van der Waals surface area (Å²) in [5, 5.41) is 8.98. The van der Waals surface area contributed by atoms with Crippen LogP contribution in [0, 0.1) is 0 Å². The molecule has 0 aromatic heterocycles. The number of carboxylic acids is 1. The molecule has 0 aromatic rings. The number of carboxylic acid groups (broad SMARTS) is 1. The van der Waals surface area contributed by atoms with Crippen LogP contribution in [-0.2, 0) is 14.3 Å².